The van der Waals surface area contributed by atoms with Gasteiger partial charge in [0.1, 0.15) is 0 Å². The summed E-state index contributed by atoms with van der Waals surface area (Å²) in [5.41, 5.74) is 0.904. The first kappa shape index (κ1) is 15.5. The SMILES string of the molecule is O=C(CCSc1nnnn1-c1ccc(Br)cc1)N1CCCC1. The number of likely N-dealkylation sites (tertiary alicyclic amines) is 1. The molecule has 8 heteroatoms. The predicted molar refractivity (Wildman–Crippen MR) is 88.0 cm³/mol. The molecule has 116 valence electrons. The summed E-state index contributed by atoms with van der Waals surface area (Å²) < 4.78 is 2.70. The fourth-order valence-electron chi connectivity index (χ4n) is 2.37. The first-order valence-corrected chi connectivity index (χ1v) is 8.97. The number of nitrogens with zero attached hydrogens (tertiary/aromatic N) is 5. The maximum Gasteiger partial charge on any atom is 0.223 e. The standard InChI is InChI=1S/C14H16BrN5OS/c15-11-3-5-12(6-4-11)20-14(16-17-18-20)22-10-7-13(21)19-8-1-2-9-19/h3-6H,1-2,7-10H2. The topological polar surface area (TPSA) is 63.9 Å². The summed E-state index contributed by atoms with van der Waals surface area (Å²) in [6, 6.07) is 7.78. The van der Waals surface area contributed by atoms with E-state index in [0.717, 1.165) is 36.1 Å². The molecule has 1 aromatic carbocycles. The van der Waals surface area contributed by atoms with Crippen molar-refractivity contribution in [3.8, 4) is 5.69 Å². The number of carbonyl (C=O) groups is 1. The number of aromatic nitrogens is 4. The van der Waals surface area contributed by atoms with Crippen LogP contribution in [0.15, 0.2) is 33.9 Å². The number of tetrazole rings is 1. The van der Waals surface area contributed by atoms with Crippen molar-refractivity contribution in [3.63, 3.8) is 0 Å². The van der Waals surface area contributed by atoms with E-state index in [0.29, 0.717) is 17.3 Å². The summed E-state index contributed by atoms with van der Waals surface area (Å²) in [5, 5.41) is 12.5. The Morgan fingerprint density at radius 1 is 1.23 bits per heavy atom. The zero-order chi connectivity index (χ0) is 15.4. The van der Waals surface area contributed by atoms with Gasteiger partial charge in [-0.05, 0) is 47.5 Å². The average Bonchev–Trinajstić information content (AvgIpc) is 3.19. The molecule has 1 aliphatic heterocycles. The Labute approximate surface area is 141 Å². The molecule has 1 saturated heterocycles. The van der Waals surface area contributed by atoms with Crippen LogP contribution in [0.2, 0.25) is 0 Å². The van der Waals surface area contributed by atoms with E-state index in [9.17, 15) is 4.79 Å². The van der Waals surface area contributed by atoms with Gasteiger partial charge in [-0.15, -0.1) is 5.10 Å². The number of hydrogen-bond acceptors (Lipinski definition) is 5. The lowest BCUT2D eigenvalue weighted by molar-refractivity contribution is -0.129. The lowest BCUT2D eigenvalue weighted by Gasteiger charge is -2.14. The van der Waals surface area contributed by atoms with Crippen molar-refractivity contribution in [1.82, 2.24) is 25.1 Å². The van der Waals surface area contributed by atoms with E-state index in [2.05, 4.69) is 31.5 Å². The summed E-state index contributed by atoms with van der Waals surface area (Å²) >= 11 is 4.92. The summed E-state index contributed by atoms with van der Waals surface area (Å²) in [6.45, 7) is 1.81. The second kappa shape index (κ2) is 7.23. The fraction of sp³-hybridized carbons (Fsp3) is 0.429. The number of benzene rings is 1. The molecule has 1 fully saturated rings. The van der Waals surface area contributed by atoms with Crippen LogP contribution < -0.4 is 0 Å². The largest absolute Gasteiger partial charge is 0.343 e. The zero-order valence-corrected chi connectivity index (χ0v) is 14.4. The minimum Gasteiger partial charge on any atom is -0.343 e. The van der Waals surface area contributed by atoms with Gasteiger partial charge in [0, 0.05) is 29.7 Å². The molecule has 0 aliphatic carbocycles. The average molecular weight is 382 g/mol. The van der Waals surface area contributed by atoms with E-state index in [1.807, 2.05) is 29.2 Å². The smallest absolute Gasteiger partial charge is 0.223 e. The Balaban J connectivity index is 1.58. The van der Waals surface area contributed by atoms with Gasteiger partial charge >= 0.3 is 0 Å². The number of thioether (sulfide) groups is 1. The molecular formula is C14H16BrN5OS. The van der Waals surface area contributed by atoms with E-state index in [1.165, 1.54) is 11.8 Å². The van der Waals surface area contributed by atoms with Crippen molar-refractivity contribution in [2.45, 2.75) is 24.4 Å². The lowest BCUT2D eigenvalue weighted by Crippen LogP contribution is -2.27. The molecule has 22 heavy (non-hydrogen) atoms. The molecule has 1 aromatic heterocycles. The monoisotopic (exact) mass is 381 g/mol. The highest BCUT2D eigenvalue weighted by Crippen LogP contribution is 2.21. The Morgan fingerprint density at radius 2 is 1.95 bits per heavy atom. The van der Waals surface area contributed by atoms with Gasteiger partial charge in [0.25, 0.3) is 0 Å². The van der Waals surface area contributed by atoms with Gasteiger partial charge in [0.05, 0.1) is 5.69 Å². The fourth-order valence-corrected chi connectivity index (χ4v) is 3.45. The summed E-state index contributed by atoms with van der Waals surface area (Å²) in [6.07, 6.45) is 2.78. The molecule has 0 spiro atoms. The third kappa shape index (κ3) is 3.67. The quantitative estimate of drug-likeness (QED) is 0.744. The molecular weight excluding hydrogens is 366 g/mol. The van der Waals surface area contributed by atoms with Crippen molar-refractivity contribution >= 4 is 33.6 Å². The number of rotatable bonds is 5. The second-order valence-electron chi connectivity index (χ2n) is 5.04. The summed E-state index contributed by atoms with van der Waals surface area (Å²) in [5.74, 6) is 0.916. The van der Waals surface area contributed by atoms with Crippen LogP contribution in [0.5, 0.6) is 0 Å². The van der Waals surface area contributed by atoms with Crippen LogP contribution >= 0.6 is 27.7 Å². The third-order valence-electron chi connectivity index (χ3n) is 3.52. The third-order valence-corrected chi connectivity index (χ3v) is 4.97. The summed E-state index contributed by atoms with van der Waals surface area (Å²) in [7, 11) is 0. The van der Waals surface area contributed by atoms with Crippen molar-refractivity contribution in [3.05, 3.63) is 28.7 Å². The van der Waals surface area contributed by atoms with Crippen molar-refractivity contribution < 1.29 is 4.79 Å². The molecule has 0 radical (unpaired) electrons. The number of amides is 1. The molecule has 2 aromatic rings. The second-order valence-corrected chi connectivity index (χ2v) is 7.01. The summed E-state index contributed by atoms with van der Waals surface area (Å²) in [4.78, 5) is 14.0. The Hall–Kier alpha value is -1.41. The van der Waals surface area contributed by atoms with Crippen LogP contribution in [0, 0.1) is 0 Å². The molecule has 3 rings (SSSR count). The minimum atomic E-state index is 0.229. The molecule has 2 heterocycles. The van der Waals surface area contributed by atoms with Crippen LogP contribution in [-0.4, -0.2) is 49.9 Å². The van der Waals surface area contributed by atoms with Gasteiger partial charge < -0.3 is 4.90 Å². The highest BCUT2D eigenvalue weighted by Gasteiger charge is 2.18. The van der Waals surface area contributed by atoms with Crippen LogP contribution in [0.25, 0.3) is 5.69 Å². The van der Waals surface area contributed by atoms with E-state index in [-0.39, 0.29) is 5.91 Å². The maximum absolute atomic E-state index is 12.0. The zero-order valence-electron chi connectivity index (χ0n) is 12.0. The van der Waals surface area contributed by atoms with Crippen LogP contribution in [-0.2, 0) is 4.79 Å². The Morgan fingerprint density at radius 3 is 2.68 bits per heavy atom. The van der Waals surface area contributed by atoms with Gasteiger partial charge in [0.2, 0.25) is 11.1 Å². The molecule has 1 aliphatic rings. The van der Waals surface area contributed by atoms with Gasteiger partial charge in [-0.25, -0.2) is 0 Å². The maximum atomic E-state index is 12.0. The molecule has 1 amide bonds. The van der Waals surface area contributed by atoms with Gasteiger partial charge in [0.15, 0.2) is 0 Å². The molecule has 0 atom stereocenters. The normalized spacial score (nSPS) is 14.5. The van der Waals surface area contributed by atoms with Crippen LogP contribution in [0.3, 0.4) is 0 Å². The lowest BCUT2D eigenvalue weighted by atomic mass is 10.3. The van der Waals surface area contributed by atoms with Gasteiger partial charge in [-0.3, -0.25) is 4.79 Å². The predicted octanol–water partition coefficient (Wildman–Crippen LogP) is 2.53. The molecule has 0 saturated carbocycles. The van der Waals surface area contributed by atoms with Crippen molar-refractivity contribution in [2.75, 3.05) is 18.8 Å². The molecule has 0 unspecified atom stereocenters. The van der Waals surface area contributed by atoms with Gasteiger partial charge in [-0.2, -0.15) is 4.68 Å². The van der Waals surface area contributed by atoms with E-state index in [4.69, 9.17) is 0 Å². The van der Waals surface area contributed by atoms with E-state index < -0.39 is 0 Å². The van der Waals surface area contributed by atoms with E-state index in [1.54, 1.807) is 4.68 Å². The van der Waals surface area contributed by atoms with Crippen molar-refractivity contribution in [1.29, 1.82) is 0 Å². The Bertz CT molecular complexity index is 639. The Kier molecular flexibility index (Phi) is 5.09. The molecule has 0 bridgehead atoms. The number of halogens is 1. The van der Waals surface area contributed by atoms with Crippen LogP contribution in [0.1, 0.15) is 19.3 Å². The minimum absolute atomic E-state index is 0.229. The first-order chi connectivity index (χ1) is 10.7. The molecule has 6 nitrogen and oxygen atoms in total. The molecule has 0 N–H and O–H groups in total. The van der Waals surface area contributed by atoms with Crippen molar-refractivity contribution in [2.24, 2.45) is 0 Å². The first-order valence-electron chi connectivity index (χ1n) is 7.19. The highest BCUT2D eigenvalue weighted by molar-refractivity contribution is 9.10. The van der Waals surface area contributed by atoms with Crippen LogP contribution in [0.4, 0.5) is 0 Å². The number of hydrogen-bond donors (Lipinski definition) is 0. The number of carbonyl (C=O) groups excluding carboxylic acids is 1. The van der Waals surface area contributed by atoms with E-state index >= 15 is 0 Å². The highest BCUT2D eigenvalue weighted by atomic mass is 79.9. The van der Waals surface area contributed by atoms with Gasteiger partial charge in [-0.1, -0.05) is 27.7 Å².